The predicted molar refractivity (Wildman–Crippen MR) is 98.0 cm³/mol. The van der Waals surface area contributed by atoms with Gasteiger partial charge in [0, 0.05) is 24.8 Å². The smallest absolute Gasteiger partial charge is 0.318 e. The maximum absolute atomic E-state index is 11.9. The minimum absolute atomic E-state index is 0.0922. The van der Waals surface area contributed by atoms with Gasteiger partial charge in [0.1, 0.15) is 0 Å². The Morgan fingerprint density at radius 1 is 0.917 bits per heavy atom. The van der Waals surface area contributed by atoms with Crippen LogP contribution in [0.1, 0.15) is 17.5 Å². The van der Waals surface area contributed by atoms with Gasteiger partial charge >= 0.3 is 6.03 Å². The van der Waals surface area contributed by atoms with E-state index in [0.717, 1.165) is 5.56 Å². The Bertz CT molecular complexity index is 719. The van der Waals surface area contributed by atoms with Crippen molar-refractivity contribution >= 4 is 29.4 Å². The van der Waals surface area contributed by atoms with Crippen LogP contribution < -0.4 is 16.0 Å². The van der Waals surface area contributed by atoms with E-state index < -0.39 is 0 Å². The minimum Gasteiger partial charge on any atom is -0.341 e. The van der Waals surface area contributed by atoms with E-state index in [1.807, 2.05) is 43.3 Å². The van der Waals surface area contributed by atoms with Crippen molar-refractivity contribution in [1.82, 2.24) is 5.32 Å². The molecule has 0 unspecified atom stereocenters. The quantitative estimate of drug-likeness (QED) is 0.783. The number of amides is 3. The van der Waals surface area contributed by atoms with E-state index in [-0.39, 0.29) is 11.9 Å². The first-order valence-electron chi connectivity index (χ1n) is 7.68. The fourth-order valence-electron chi connectivity index (χ4n) is 2.02. The highest BCUT2D eigenvalue weighted by atomic mass is 16.2. The van der Waals surface area contributed by atoms with Gasteiger partial charge in [-0.1, -0.05) is 42.0 Å². The van der Waals surface area contributed by atoms with E-state index in [0.29, 0.717) is 17.8 Å². The summed E-state index contributed by atoms with van der Waals surface area (Å²) in [5, 5.41) is 7.94. The van der Waals surface area contributed by atoms with Crippen LogP contribution in [0, 0.1) is 6.92 Å². The first kappa shape index (κ1) is 17.3. The molecule has 0 radical (unpaired) electrons. The molecule has 2 rings (SSSR count). The molecular formula is C19H21N3O2. The first-order chi connectivity index (χ1) is 11.6. The molecule has 0 saturated heterocycles. The highest BCUT2D eigenvalue weighted by Crippen LogP contribution is 2.14. The molecule has 124 valence electrons. The van der Waals surface area contributed by atoms with Crippen LogP contribution in [0.25, 0.3) is 6.08 Å². The highest BCUT2D eigenvalue weighted by molar-refractivity contribution is 5.93. The van der Waals surface area contributed by atoms with Crippen molar-refractivity contribution in [2.45, 2.75) is 13.3 Å². The van der Waals surface area contributed by atoms with Crippen molar-refractivity contribution in [3.8, 4) is 0 Å². The van der Waals surface area contributed by atoms with Crippen molar-refractivity contribution < 1.29 is 9.59 Å². The Morgan fingerprint density at radius 3 is 2.08 bits per heavy atom. The number of rotatable bonds is 5. The summed E-state index contributed by atoms with van der Waals surface area (Å²) < 4.78 is 0. The molecule has 0 aliphatic carbocycles. The summed E-state index contributed by atoms with van der Waals surface area (Å²) in [4.78, 5) is 23.1. The van der Waals surface area contributed by atoms with E-state index in [1.165, 1.54) is 5.56 Å². The molecular weight excluding hydrogens is 302 g/mol. The average molecular weight is 323 g/mol. The number of hydrogen-bond acceptors (Lipinski definition) is 2. The summed E-state index contributed by atoms with van der Waals surface area (Å²) in [7, 11) is 1.55. The van der Waals surface area contributed by atoms with Crippen molar-refractivity contribution in [1.29, 1.82) is 0 Å². The zero-order chi connectivity index (χ0) is 17.4. The van der Waals surface area contributed by atoms with Gasteiger partial charge in [-0.3, -0.25) is 4.79 Å². The molecule has 5 heteroatoms. The summed E-state index contributed by atoms with van der Waals surface area (Å²) in [6, 6.07) is 14.8. The molecule has 5 nitrogen and oxygen atoms in total. The van der Waals surface area contributed by atoms with Crippen LogP contribution in [-0.2, 0) is 4.79 Å². The Kier molecular flexibility index (Phi) is 6.14. The molecule has 0 aromatic heterocycles. The summed E-state index contributed by atoms with van der Waals surface area (Å²) in [6.07, 6.45) is 4.06. The number of anilines is 2. The van der Waals surface area contributed by atoms with E-state index in [4.69, 9.17) is 0 Å². The SMILES string of the molecule is CNC(=O)Nc1ccc(NC(=O)C/C=C/c2ccc(C)cc2)cc1. The largest absolute Gasteiger partial charge is 0.341 e. The fraction of sp³-hybridized carbons (Fsp3) is 0.158. The lowest BCUT2D eigenvalue weighted by Gasteiger charge is -2.07. The third-order valence-corrected chi connectivity index (χ3v) is 3.34. The van der Waals surface area contributed by atoms with Crippen molar-refractivity contribution in [3.05, 3.63) is 65.7 Å². The van der Waals surface area contributed by atoms with E-state index >= 15 is 0 Å². The molecule has 0 aliphatic heterocycles. The molecule has 0 heterocycles. The molecule has 2 aromatic carbocycles. The lowest BCUT2D eigenvalue weighted by atomic mass is 10.1. The van der Waals surface area contributed by atoms with E-state index in [1.54, 1.807) is 31.3 Å². The Morgan fingerprint density at radius 2 is 1.50 bits per heavy atom. The number of urea groups is 1. The van der Waals surface area contributed by atoms with E-state index in [2.05, 4.69) is 16.0 Å². The second kappa shape index (κ2) is 8.53. The number of nitrogens with one attached hydrogen (secondary N) is 3. The van der Waals surface area contributed by atoms with Gasteiger partial charge in [0.25, 0.3) is 0 Å². The molecule has 3 amide bonds. The van der Waals surface area contributed by atoms with Crippen LogP contribution >= 0.6 is 0 Å². The van der Waals surface area contributed by atoms with Crippen LogP contribution in [0.5, 0.6) is 0 Å². The maximum atomic E-state index is 11.9. The molecule has 0 atom stereocenters. The summed E-state index contributed by atoms with van der Waals surface area (Å²) in [5.74, 6) is -0.0922. The van der Waals surface area contributed by atoms with Gasteiger partial charge in [0.15, 0.2) is 0 Å². The molecule has 0 saturated carbocycles. The minimum atomic E-state index is -0.284. The standard InChI is InChI=1S/C19H21N3O2/c1-14-6-8-15(9-7-14)4-3-5-18(23)21-16-10-12-17(13-11-16)22-19(24)20-2/h3-4,6-13H,5H2,1-2H3,(H,21,23)(H2,20,22,24)/b4-3+. The Balaban J connectivity index is 1.83. The topological polar surface area (TPSA) is 70.2 Å². The monoisotopic (exact) mass is 323 g/mol. The van der Waals surface area contributed by atoms with Crippen LogP contribution in [0.4, 0.5) is 16.2 Å². The number of carbonyl (C=O) groups excluding carboxylic acids is 2. The summed E-state index contributed by atoms with van der Waals surface area (Å²) in [6.45, 7) is 2.04. The van der Waals surface area contributed by atoms with Crippen molar-refractivity contribution in [2.24, 2.45) is 0 Å². The zero-order valence-corrected chi connectivity index (χ0v) is 13.8. The Labute approximate surface area is 141 Å². The molecule has 3 N–H and O–H groups in total. The third-order valence-electron chi connectivity index (χ3n) is 3.34. The molecule has 0 bridgehead atoms. The van der Waals surface area contributed by atoms with Gasteiger partial charge in [0.05, 0.1) is 0 Å². The second-order valence-electron chi connectivity index (χ2n) is 5.35. The fourth-order valence-corrected chi connectivity index (χ4v) is 2.02. The first-order valence-corrected chi connectivity index (χ1v) is 7.68. The zero-order valence-electron chi connectivity index (χ0n) is 13.8. The molecule has 0 spiro atoms. The molecule has 24 heavy (non-hydrogen) atoms. The number of benzene rings is 2. The number of hydrogen-bond donors (Lipinski definition) is 3. The molecule has 0 aliphatic rings. The average Bonchev–Trinajstić information content (AvgIpc) is 2.58. The van der Waals surface area contributed by atoms with Crippen LogP contribution in [0.3, 0.4) is 0 Å². The summed E-state index contributed by atoms with van der Waals surface area (Å²) in [5.41, 5.74) is 3.62. The predicted octanol–water partition coefficient (Wildman–Crippen LogP) is 3.79. The Hall–Kier alpha value is -3.08. The number of carbonyl (C=O) groups is 2. The summed E-state index contributed by atoms with van der Waals surface area (Å²) >= 11 is 0. The highest BCUT2D eigenvalue weighted by Gasteiger charge is 2.02. The number of aryl methyl sites for hydroxylation is 1. The van der Waals surface area contributed by atoms with Crippen LogP contribution in [-0.4, -0.2) is 19.0 Å². The van der Waals surface area contributed by atoms with E-state index in [9.17, 15) is 9.59 Å². The molecule has 0 fully saturated rings. The van der Waals surface area contributed by atoms with Crippen molar-refractivity contribution in [3.63, 3.8) is 0 Å². The van der Waals surface area contributed by atoms with Gasteiger partial charge in [-0.15, -0.1) is 0 Å². The lowest BCUT2D eigenvalue weighted by Crippen LogP contribution is -2.24. The van der Waals surface area contributed by atoms with Gasteiger partial charge < -0.3 is 16.0 Å². The normalized spacial score (nSPS) is 10.4. The van der Waals surface area contributed by atoms with Gasteiger partial charge in [-0.25, -0.2) is 4.79 Å². The third kappa shape index (κ3) is 5.61. The van der Waals surface area contributed by atoms with Crippen LogP contribution in [0.2, 0.25) is 0 Å². The maximum Gasteiger partial charge on any atom is 0.318 e. The van der Waals surface area contributed by atoms with Crippen molar-refractivity contribution in [2.75, 3.05) is 17.7 Å². The van der Waals surface area contributed by atoms with Gasteiger partial charge in [0.2, 0.25) is 5.91 Å². The van der Waals surface area contributed by atoms with Crippen LogP contribution in [0.15, 0.2) is 54.6 Å². The lowest BCUT2D eigenvalue weighted by molar-refractivity contribution is -0.115. The second-order valence-corrected chi connectivity index (χ2v) is 5.35. The van der Waals surface area contributed by atoms with Gasteiger partial charge in [-0.05, 0) is 36.8 Å². The molecule has 2 aromatic rings. The van der Waals surface area contributed by atoms with Gasteiger partial charge in [-0.2, -0.15) is 0 Å².